The summed E-state index contributed by atoms with van der Waals surface area (Å²) in [5, 5.41) is 6.74. The zero-order valence-corrected chi connectivity index (χ0v) is 18.5. The summed E-state index contributed by atoms with van der Waals surface area (Å²) in [6.07, 6.45) is 3.07. The van der Waals surface area contributed by atoms with Gasteiger partial charge in [0.1, 0.15) is 4.90 Å². The molecular formula is C18H32ClN5O3S. The maximum absolute atomic E-state index is 13.0. The lowest BCUT2D eigenvalue weighted by atomic mass is 9.89. The summed E-state index contributed by atoms with van der Waals surface area (Å²) in [6, 6.07) is 0.110. The minimum atomic E-state index is -3.58. The molecule has 2 saturated heterocycles. The molecule has 0 bridgehead atoms. The normalized spacial score (nSPS) is 24.8. The zero-order valence-electron chi connectivity index (χ0n) is 16.8. The van der Waals surface area contributed by atoms with E-state index in [1.807, 2.05) is 4.90 Å². The van der Waals surface area contributed by atoms with E-state index in [0.717, 1.165) is 19.4 Å². The van der Waals surface area contributed by atoms with Gasteiger partial charge in [0.2, 0.25) is 15.9 Å². The summed E-state index contributed by atoms with van der Waals surface area (Å²) >= 11 is 0. The molecule has 2 atom stereocenters. The first-order chi connectivity index (χ1) is 12.8. The number of aromatic amines is 1. The van der Waals surface area contributed by atoms with Crippen LogP contribution >= 0.6 is 12.4 Å². The molecule has 2 aliphatic heterocycles. The van der Waals surface area contributed by atoms with Gasteiger partial charge in [-0.15, -0.1) is 12.4 Å². The monoisotopic (exact) mass is 433 g/mol. The van der Waals surface area contributed by atoms with Gasteiger partial charge in [0.25, 0.3) is 0 Å². The Morgan fingerprint density at radius 1 is 1.21 bits per heavy atom. The van der Waals surface area contributed by atoms with E-state index in [9.17, 15) is 13.2 Å². The van der Waals surface area contributed by atoms with E-state index >= 15 is 0 Å². The maximum Gasteiger partial charge on any atom is 0.246 e. The molecule has 1 aromatic rings. The largest absolute Gasteiger partial charge is 0.338 e. The Bertz CT molecular complexity index is 770. The predicted molar refractivity (Wildman–Crippen MR) is 110 cm³/mol. The van der Waals surface area contributed by atoms with Crippen LogP contribution in [0, 0.1) is 25.7 Å². The number of piperidine rings is 2. The zero-order chi connectivity index (χ0) is 19.8. The maximum atomic E-state index is 13.0. The molecule has 2 fully saturated rings. The number of rotatable bonds is 4. The number of aromatic nitrogens is 2. The first kappa shape index (κ1) is 23.1. The fourth-order valence-corrected chi connectivity index (χ4v) is 6.19. The van der Waals surface area contributed by atoms with Crippen LogP contribution in [-0.4, -0.2) is 65.9 Å². The molecule has 10 heteroatoms. The van der Waals surface area contributed by atoms with Gasteiger partial charge in [0, 0.05) is 38.1 Å². The van der Waals surface area contributed by atoms with E-state index in [1.54, 1.807) is 13.8 Å². The minimum absolute atomic E-state index is 0. The molecule has 2 unspecified atom stereocenters. The van der Waals surface area contributed by atoms with E-state index in [2.05, 4.69) is 17.1 Å². The van der Waals surface area contributed by atoms with Gasteiger partial charge in [0.15, 0.2) is 0 Å². The van der Waals surface area contributed by atoms with Crippen LogP contribution in [0.2, 0.25) is 0 Å². The van der Waals surface area contributed by atoms with Crippen molar-refractivity contribution in [3.63, 3.8) is 0 Å². The highest BCUT2D eigenvalue weighted by molar-refractivity contribution is 7.89. The quantitative estimate of drug-likeness (QED) is 0.745. The summed E-state index contributed by atoms with van der Waals surface area (Å²) in [5.74, 6) is 0.617. The molecule has 0 spiro atoms. The Labute approximate surface area is 173 Å². The second-order valence-electron chi connectivity index (χ2n) is 7.99. The van der Waals surface area contributed by atoms with Gasteiger partial charge >= 0.3 is 0 Å². The van der Waals surface area contributed by atoms with Crippen LogP contribution in [-0.2, 0) is 14.8 Å². The van der Waals surface area contributed by atoms with E-state index in [0.29, 0.717) is 49.8 Å². The Balaban J connectivity index is 0.00000280. The number of nitrogens with zero attached hydrogens (tertiary/aromatic N) is 3. The molecule has 3 N–H and O–H groups in total. The third-order valence-corrected chi connectivity index (χ3v) is 8.16. The summed E-state index contributed by atoms with van der Waals surface area (Å²) in [6.45, 7) is 7.58. The van der Waals surface area contributed by atoms with Crippen molar-refractivity contribution in [3.05, 3.63) is 11.4 Å². The summed E-state index contributed by atoms with van der Waals surface area (Å²) in [5.41, 5.74) is 6.93. The van der Waals surface area contributed by atoms with Crippen LogP contribution in [0.1, 0.15) is 44.0 Å². The second kappa shape index (κ2) is 9.11. The topological polar surface area (TPSA) is 112 Å². The van der Waals surface area contributed by atoms with Crippen LogP contribution in [0.5, 0.6) is 0 Å². The number of carbonyl (C=O) groups excluding carboxylic acids is 1. The Morgan fingerprint density at radius 3 is 2.39 bits per heavy atom. The molecule has 3 rings (SSSR count). The molecule has 0 aliphatic carbocycles. The number of hydrogen-bond donors (Lipinski definition) is 2. The van der Waals surface area contributed by atoms with Crippen molar-refractivity contribution < 1.29 is 13.2 Å². The van der Waals surface area contributed by atoms with Crippen LogP contribution in [0.15, 0.2) is 4.90 Å². The molecule has 2 aliphatic rings. The Hall–Kier alpha value is -1.16. The number of halogens is 1. The van der Waals surface area contributed by atoms with Gasteiger partial charge < -0.3 is 10.6 Å². The number of nitrogens with two attached hydrogens (primary N) is 1. The molecular weight excluding hydrogens is 402 g/mol. The highest BCUT2D eigenvalue weighted by Gasteiger charge is 2.38. The molecule has 8 nitrogen and oxygen atoms in total. The van der Waals surface area contributed by atoms with Gasteiger partial charge in [-0.2, -0.15) is 9.40 Å². The molecule has 0 radical (unpaired) electrons. The third-order valence-electron chi connectivity index (χ3n) is 5.99. The van der Waals surface area contributed by atoms with Crippen LogP contribution in [0.25, 0.3) is 0 Å². The average molecular weight is 434 g/mol. The highest BCUT2D eigenvalue weighted by Crippen LogP contribution is 2.30. The number of aryl methyl sites for hydroxylation is 2. The standard InChI is InChI=1S/C18H31N5O3S.ClH/c1-12-4-9-23(16(10-12)11-19)18(24)15-5-7-22(8-6-15)27(25,26)17-13(2)20-21-14(17)3;/h12,15-16H,4-11,19H2,1-3H3,(H,20,21);1H. The van der Waals surface area contributed by atoms with Crippen molar-refractivity contribution in [2.45, 2.75) is 57.4 Å². The summed E-state index contributed by atoms with van der Waals surface area (Å²) < 4.78 is 27.4. The average Bonchev–Trinajstić information content (AvgIpc) is 3.00. The molecule has 1 aromatic heterocycles. The number of H-pyrrole nitrogens is 1. The molecule has 1 amide bonds. The number of amides is 1. The van der Waals surface area contributed by atoms with Crippen molar-refractivity contribution in [1.82, 2.24) is 19.4 Å². The fourth-order valence-electron chi connectivity index (χ4n) is 4.39. The van der Waals surface area contributed by atoms with Crippen molar-refractivity contribution >= 4 is 28.3 Å². The van der Waals surface area contributed by atoms with Crippen molar-refractivity contribution in [1.29, 1.82) is 0 Å². The van der Waals surface area contributed by atoms with Crippen LogP contribution in [0.3, 0.4) is 0 Å². The first-order valence-corrected chi connectivity index (χ1v) is 11.2. The van der Waals surface area contributed by atoms with Gasteiger partial charge in [-0.25, -0.2) is 8.42 Å². The molecule has 28 heavy (non-hydrogen) atoms. The highest BCUT2D eigenvalue weighted by atomic mass is 35.5. The van der Waals surface area contributed by atoms with E-state index < -0.39 is 10.0 Å². The van der Waals surface area contributed by atoms with Gasteiger partial charge in [-0.3, -0.25) is 9.89 Å². The lowest BCUT2D eigenvalue weighted by Crippen LogP contribution is -2.52. The minimum Gasteiger partial charge on any atom is -0.338 e. The molecule has 0 aromatic carbocycles. The third kappa shape index (κ3) is 4.37. The number of nitrogens with one attached hydrogen (secondary N) is 1. The molecule has 160 valence electrons. The van der Waals surface area contributed by atoms with Crippen molar-refractivity contribution in [3.8, 4) is 0 Å². The molecule has 3 heterocycles. The van der Waals surface area contributed by atoms with E-state index in [4.69, 9.17) is 5.73 Å². The Morgan fingerprint density at radius 2 is 1.86 bits per heavy atom. The predicted octanol–water partition coefficient (Wildman–Crippen LogP) is 1.43. The Kier molecular flexibility index (Phi) is 7.52. The lowest BCUT2D eigenvalue weighted by molar-refractivity contribution is -0.141. The van der Waals surface area contributed by atoms with Crippen LogP contribution < -0.4 is 5.73 Å². The smallest absolute Gasteiger partial charge is 0.246 e. The SMILES string of the molecule is Cc1n[nH]c(C)c1S(=O)(=O)N1CCC(C(=O)N2CCC(C)CC2CN)CC1.Cl. The lowest BCUT2D eigenvalue weighted by Gasteiger charge is -2.41. The van der Waals surface area contributed by atoms with E-state index in [1.165, 1.54) is 4.31 Å². The number of sulfonamides is 1. The molecule has 0 saturated carbocycles. The second-order valence-corrected chi connectivity index (χ2v) is 9.87. The summed E-state index contributed by atoms with van der Waals surface area (Å²) in [7, 11) is -3.58. The van der Waals surface area contributed by atoms with Crippen LogP contribution in [0.4, 0.5) is 0 Å². The first-order valence-electron chi connectivity index (χ1n) is 9.78. The summed E-state index contributed by atoms with van der Waals surface area (Å²) in [4.78, 5) is 15.2. The van der Waals surface area contributed by atoms with Gasteiger partial charge in [-0.05, 0) is 45.4 Å². The van der Waals surface area contributed by atoms with Crippen molar-refractivity contribution in [2.75, 3.05) is 26.2 Å². The van der Waals surface area contributed by atoms with Crippen molar-refractivity contribution in [2.24, 2.45) is 17.6 Å². The van der Waals surface area contributed by atoms with Gasteiger partial charge in [0.05, 0.1) is 11.4 Å². The van der Waals surface area contributed by atoms with E-state index in [-0.39, 0.29) is 35.2 Å². The number of hydrogen-bond acceptors (Lipinski definition) is 5. The fraction of sp³-hybridized carbons (Fsp3) is 0.778. The van der Waals surface area contributed by atoms with Gasteiger partial charge in [-0.1, -0.05) is 6.92 Å². The number of likely N-dealkylation sites (tertiary alicyclic amines) is 1. The number of carbonyl (C=O) groups is 1.